The largest absolute Gasteiger partial charge is 0.280 e. The molecule has 0 atom stereocenters. The van der Waals surface area contributed by atoms with E-state index in [0.29, 0.717) is 10.4 Å². The third kappa shape index (κ3) is 3.24. The minimum absolute atomic E-state index is 0.337. The van der Waals surface area contributed by atoms with Crippen molar-refractivity contribution in [3.05, 3.63) is 58.0 Å². The van der Waals surface area contributed by atoms with Gasteiger partial charge in [-0.05, 0) is 58.6 Å². The number of benzene rings is 1. The number of aryl methyl sites for hydroxylation is 1. The van der Waals surface area contributed by atoms with Crippen LogP contribution < -0.4 is 10.9 Å². The Kier molecular flexibility index (Phi) is 4.11. The number of hydrazine groups is 1. The molecule has 0 aliphatic rings. The highest BCUT2D eigenvalue weighted by Crippen LogP contribution is 2.14. The molecule has 116 valence electrons. The Bertz CT molecular complexity index is 825. The fourth-order valence-corrected chi connectivity index (χ4v) is 2.71. The quantitative estimate of drug-likeness (QED) is 0.701. The summed E-state index contributed by atoms with van der Waals surface area (Å²) in [6, 6.07) is 8.50. The van der Waals surface area contributed by atoms with Crippen molar-refractivity contribution in [2.24, 2.45) is 0 Å². The standard InChI is InChI=1S/C14H12N6O2S/c1-9-6-7-23-12(9)14(22)17-16-13(21)10-2-4-11(5-3-10)20-8-15-18-19-20/h2-8H,1H3,(H,16,21)(H,17,22). The smallest absolute Gasteiger partial charge is 0.267 e. The van der Waals surface area contributed by atoms with Gasteiger partial charge in [0.2, 0.25) is 0 Å². The summed E-state index contributed by atoms with van der Waals surface area (Å²) in [5.41, 5.74) is 6.79. The third-order valence-corrected chi connectivity index (χ3v) is 4.12. The highest BCUT2D eigenvalue weighted by atomic mass is 32.1. The summed E-state index contributed by atoms with van der Waals surface area (Å²) in [5.74, 6) is -0.744. The van der Waals surface area contributed by atoms with Crippen molar-refractivity contribution in [3.63, 3.8) is 0 Å². The number of aromatic nitrogens is 4. The van der Waals surface area contributed by atoms with E-state index < -0.39 is 5.91 Å². The van der Waals surface area contributed by atoms with E-state index >= 15 is 0 Å². The molecule has 0 unspecified atom stereocenters. The van der Waals surface area contributed by atoms with E-state index in [4.69, 9.17) is 0 Å². The van der Waals surface area contributed by atoms with Gasteiger partial charge in [0, 0.05) is 5.56 Å². The first-order valence-electron chi connectivity index (χ1n) is 6.63. The van der Waals surface area contributed by atoms with Crippen LogP contribution in [-0.2, 0) is 0 Å². The predicted octanol–water partition coefficient (Wildman–Crippen LogP) is 1.11. The van der Waals surface area contributed by atoms with Crippen LogP contribution in [0.1, 0.15) is 25.6 Å². The summed E-state index contributed by atoms with van der Waals surface area (Å²) in [6.45, 7) is 1.84. The Morgan fingerprint density at radius 3 is 2.43 bits per heavy atom. The maximum absolute atomic E-state index is 12.0. The van der Waals surface area contributed by atoms with Gasteiger partial charge in [0.05, 0.1) is 10.6 Å². The highest BCUT2D eigenvalue weighted by Gasteiger charge is 2.12. The SMILES string of the molecule is Cc1ccsc1C(=O)NNC(=O)c1ccc(-n2cnnn2)cc1. The van der Waals surface area contributed by atoms with Gasteiger partial charge in [-0.1, -0.05) is 0 Å². The van der Waals surface area contributed by atoms with Gasteiger partial charge in [-0.25, -0.2) is 4.68 Å². The Labute approximate surface area is 135 Å². The molecule has 0 aliphatic heterocycles. The molecule has 0 saturated heterocycles. The van der Waals surface area contributed by atoms with Crippen LogP contribution in [0.15, 0.2) is 42.0 Å². The number of amides is 2. The van der Waals surface area contributed by atoms with Crippen molar-refractivity contribution in [3.8, 4) is 5.69 Å². The van der Waals surface area contributed by atoms with Gasteiger partial charge in [-0.2, -0.15) is 0 Å². The average molecular weight is 328 g/mol. The fourth-order valence-electron chi connectivity index (χ4n) is 1.89. The lowest BCUT2D eigenvalue weighted by molar-refractivity contribution is 0.0848. The summed E-state index contributed by atoms with van der Waals surface area (Å²) in [5, 5.41) is 12.7. The first kappa shape index (κ1) is 14.9. The van der Waals surface area contributed by atoms with Crippen molar-refractivity contribution < 1.29 is 9.59 Å². The first-order valence-corrected chi connectivity index (χ1v) is 7.51. The lowest BCUT2D eigenvalue weighted by Gasteiger charge is -2.07. The zero-order chi connectivity index (χ0) is 16.2. The molecule has 2 N–H and O–H groups in total. The van der Waals surface area contributed by atoms with Crippen LogP contribution in [0.25, 0.3) is 5.69 Å². The highest BCUT2D eigenvalue weighted by molar-refractivity contribution is 7.12. The van der Waals surface area contributed by atoms with Crippen molar-refractivity contribution in [2.75, 3.05) is 0 Å². The molecule has 8 nitrogen and oxygen atoms in total. The molecular formula is C14H12N6O2S. The maximum Gasteiger partial charge on any atom is 0.280 e. The molecule has 0 radical (unpaired) electrons. The average Bonchev–Trinajstić information content (AvgIpc) is 3.24. The number of carbonyl (C=O) groups is 2. The van der Waals surface area contributed by atoms with E-state index in [1.165, 1.54) is 22.3 Å². The van der Waals surface area contributed by atoms with Crippen LogP contribution >= 0.6 is 11.3 Å². The number of hydrogen-bond acceptors (Lipinski definition) is 6. The Balaban J connectivity index is 1.62. The Morgan fingerprint density at radius 2 is 1.83 bits per heavy atom. The van der Waals surface area contributed by atoms with Crippen LogP contribution in [0, 0.1) is 6.92 Å². The number of rotatable bonds is 3. The second kappa shape index (κ2) is 6.36. The zero-order valence-electron chi connectivity index (χ0n) is 12.1. The van der Waals surface area contributed by atoms with Crippen molar-refractivity contribution in [2.45, 2.75) is 6.92 Å². The molecule has 2 aromatic heterocycles. The molecule has 9 heteroatoms. The minimum Gasteiger partial charge on any atom is -0.267 e. The van der Waals surface area contributed by atoms with Gasteiger partial charge in [0.15, 0.2) is 0 Å². The Morgan fingerprint density at radius 1 is 1.09 bits per heavy atom. The van der Waals surface area contributed by atoms with Crippen LogP contribution in [0.5, 0.6) is 0 Å². The van der Waals surface area contributed by atoms with E-state index in [1.807, 2.05) is 18.4 Å². The van der Waals surface area contributed by atoms with E-state index in [0.717, 1.165) is 11.3 Å². The van der Waals surface area contributed by atoms with E-state index in [1.54, 1.807) is 24.3 Å². The minimum atomic E-state index is -0.407. The second-order valence-electron chi connectivity index (χ2n) is 4.64. The Hall–Kier alpha value is -3.07. The van der Waals surface area contributed by atoms with Gasteiger partial charge in [-0.15, -0.1) is 16.4 Å². The van der Waals surface area contributed by atoms with Gasteiger partial charge in [0.1, 0.15) is 6.33 Å². The number of nitrogens with one attached hydrogen (secondary N) is 2. The lowest BCUT2D eigenvalue weighted by atomic mass is 10.2. The van der Waals surface area contributed by atoms with Crippen molar-refractivity contribution in [1.29, 1.82) is 0 Å². The van der Waals surface area contributed by atoms with E-state index in [-0.39, 0.29) is 5.91 Å². The molecule has 0 spiro atoms. The zero-order valence-corrected chi connectivity index (χ0v) is 12.9. The normalized spacial score (nSPS) is 10.3. The number of carbonyl (C=O) groups excluding carboxylic acids is 2. The van der Waals surface area contributed by atoms with Gasteiger partial charge in [-0.3, -0.25) is 20.4 Å². The molecule has 0 saturated carbocycles. The molecular weight excluding hydrogens is 316 g/mol. The summed E-state index contributed by atoms with van der Waals surface area (Å²) >= 11 is 1.32. The summed E-state index contributed by atoms with van der Waals surface area (Å²) in [4.78, 5) is 24.5. The number of thiophene rings is 1. The van der Waals surface area contributed by atoms with E-state index in [9.17, 15) is 9.59 Å². The predicted molar refractivity (Wildman–Crippen MR) is 83.1 cm³/mol. The van der Waals surface area contributed by atoms with Crippen LogP contribution in [0.4, 0.5) is 0 Å². The third-order valence-electron chi connectivity index (χ3n) is 3.10. The summed E-state index contributed by atoms with van der Waals surface area (Å²) in [7, 11) is 0. The fraction of sp³-hybridized carbons (Fsp3) is 0.0714. The topological polar surface area (TPSA) is 102 Å². The summed E-state index contributed by atoms with van der Waals surface area (Å²) in [6.07, 6.45) is 1.46. The van der Waals surface area contributed by atoms with Gasteiger partial charge >= 0.3 is 0 Å². The van der Waals surface area contributed by atoms with Crippen molar-refractivity contribution >= 4 is 23.2 Å². The summed E-state index contributed by atoms with van der Waals surface area (Å²) < 4.78 is 1.48. The van der Waals surface area contributed by atoms with Crippen LogP contribution in [-0.4, -0.2) is 32.0 Å². The van der Waals surface area contributed by atoms with Crippen LogP contribution in [0.3, 0.4) is 0 Å². The van der Waals surface area contributed by atoms with Gasteiger partial charge in [0.25, 0.3) is 11.8 Å². The molecule has 2 amide bonds. The first-order chi connectivity index (χ1) is 11.1. The number of hydrogen-bond donors (Lipinski definition) is 2. The second-order valence-corrected chi connectivity index (χ2v) is 5.56. The van der Waals surface area contributed by atoms with Crippen LogP contribution in [0.2, 0.25) is 0 Å². The molecule has 0 aliphatic carbocycles. The van der Waals surface area contributed by atoms with Crippen molar-refractivity contribution in [1.82, 2.24) is 31.1 Å². The lowest BCUT2D eigenvalue weighted by Crippen LogP contribution is -2.41. The van der Waals surface area contributed by atoms with E-state index in [2.05, 4.69) is 26.4 Å². The molecule has 23 heavy (non-hydrogen) atoms. The molecule has 3 rings (SSSR count). The monoisotopic (exact) mass is 328 g/mol. The molecule has 1 aromatic carbocycles. The molecule has 0 bridgehead atoms. The number of tetrazole rings is 1. The maximum atomic E-state index is 12.0. The molecule has 0 fully saturated rings. The molecule has 3 aromatic rings. The van der Waals surface area contributed by atoms with Gasteiger partial charge < -0.3 is 0 Å². The number of nitrogens with zero attached hydrogens (tertiary/aromatic N) is 4. The molecule has 2 heterocycles.